The molecule has 1 heterocycles. The van der Waals surface area contributed by atoms with Crippen molar-refractivity contribution in [3.63, 3.8) is 0 Å². The number of carbonyl (C=O) groups is 1. The fourth-order valence-corrected chi connectivity index (χ4v) is 1.85. The van der Waals surface area contributed by atoms with E-state index in [2.05, 4.69) is 5.43 Å². The summed E-state index contributed by atoms with van der Waals surface area (Å²) in [5, 5.41) is 1.85. The number of anilines is 1. The summed E-state index contributed by atoms with van der Waals surface area (Å²) in [6.45, 7) is 2.04. The van der Waals surface area contributed by atoms with E-state index in [1.807, 2.05) is 67.5 Å². The smallest absolute Gasteiger partial charge is 0.204 e. The molecular weight excluding hydrogens is 250 g/mol. The van der Waals surface area contributed by atoms with Gasteiger partial charge < -0.3 is 4.90 Å². The van der Waals surface area contributed by atoms with Crippen LogP contribution in [0.1, 0.15) is 5.56 Å². The number of hydrazine groups is 1. The van der Waals surface area contributed by atoms with Crippen LogP contribution in [0.2, 0.25) is 0 Å². The van der Waals surface area contributed by atoms with E-state index in [0.717, 1.165) is 11.3 Å². The molecule has 0 saturated carbocycles. The van der Waals surface area contributed by atoms with Crippen LogP contribution in [-0.4, -0.2) is 24.8 Å². The third-order valence-electron chi connectivity index (χ3n) is 2.90. The van der Waals surface area contributed by atoms with Gasteiger partial charge in [0.2, 0.25) is 5.78 Å². The minimum Gasteiger partial charge on any atom is -0.383 e. The van der Waals surface area contributed by atoms with Crippen LogP contribution < -0.4 is 10.4 Å². The van der Waals surface area contributed by atoms with Crippen LogP contribution in [0.3, 0.4) is 0 Å². The minimum atomic E-state index is -0.0540. The molecule has 0 unspecified atom stereocenters. The Morgan fingerprint density at radius 2 is 2.05 bits per heavy atom. The monoisotopic (exact) mass is 269 g/mol. The third kappa shape index (κ3) is 3.29. The number of hydrogen-bond donors (Lipinski definition) is 1. The standard InChI is InChI=1S/C16H19N3O/c1-13-7-4-5-9-15(13)19-11-6-8-14(17-19)16(20)10-12-18(2)3/h4-12,17H,1-3H3. The molecule has 1 aliphatic rings. The molecule has 0 amide bonds. The lowest BCUT2D eigenvalue weighted by atomic mass is 10.2. The number of para-hydroxylation sites is 1. The Kier molecular flexibility index (Phi) is 4.25. The maximum atomic E-state index is 12.1. The summed E-state index contributed by atoms with van der Waals surface area (Å²) in [5.41, 5.74) is 5.84. The van der Waals surface area contributed by atoms with Crippen LogP contribution in [-0.2, 0) is 4.79 Å². The second kappa shape index (κ2) is 6.10. The van der Waals surface area contributed by atoms with Crippen molar-refractivity contribution in [3.05, 3.63) is 66.2 Å². The molecule has 0 spiro atoms. The number of hydrogen-bond acceptors (Lipinski definition) is 4. The van der Waals surface area contributed by atoms with Gasteiger partial charge in [-0.15, -0.1) is 0 Å². The molecule has 4 nitrogen and oxygen atoms in total. The average molecular weight is 269 g/mol. The van der Waals surface area contributed by atoms with E-state index in [-0.39, 0.29) is 5.78 Å². The topological polar surface area (TPSA) is 35.6 Å². The summed E-state index contributed by atoms with van der Waals surface area (Å²) in [6.07, 6.45) is 8.82. The Morgan fingerprint density at radius 1 is 1.30 bits per heavy atom. The van der Waals surface area contributed by atoms with Crippen LogP contribution in [0.15, 0.2) is 60.6 Å². The van der Waals surface area contributed by atoms with Crippen LogP contribution >= 0.6 is 0 Å². The average Bonchev–Trinajstić information content (AvgIpc) is 2.45. The van der Waals surface area contributed by atoms with E-state index in [4.69, 9.17) is 0 Å². The van der Waals surface area contributed by atoms with E-state index in [1.165, 1.54) is 0 Å². The van der Waals surface area contributed by atoms with E-state index in [1.54, 1.807) is 18.4 Å². The number of allylic oxidation sites excluding steroid dienone is 3. The van der Waals surface area contributed by atoms with Crippen LogP contribution in [0.25, 0.3) is 0 Å². The van der Waals surface area contributed by atoms with Gasteiger partial charge in [0.1, 0.15) is 5.70 Å². The first-order valence-corrected chi connectivity index (χ1v) is 6.47. The van der Waals surface area contributed by atoms with E-state index >= 15 is 0 Å². The van der Waals surface area contributed by atoms with E-state index in [9.17, 15) is 4.79 Å². The maximum absolute atomic E-state index is 12.1. The Hall–Kier alpha value is -2.49. The van der Waals surface area contributed by atoms with Gasteiger partial charge in [0.15, 0.2) is 0 Å². The molecule has 2 rings (SSSR count). The molecule has 1 aliphatic heterocycles. The van der Waals surface area contributed by atoms with Crippen LogP contribution in [0, 0.1) is 6.92 Å². The van der Waals surface area contributed by atoms with Gasteiger partial charge in [0, 0.05) is 32.6 Å². The molecular formula is C16H19N3O. The van der Waals surface area contributed by atoms with Gasteiger partial charge in [-0.05, 0) is 30.7 Å². The molecule has 0 fully saturated rings. The lowest BCUT2D eigenvalue weighted by Gasteiger charge is -2.27. The Bertz CT molecular complexity index is 585. The second-order valence-electron chi connectivity index (χ2n) is 4.83. The maximum Gasteiger partial charge on any atom is 0.204 e. The molecule has 104 valence electrons. The fourth-order valence-electron chi connectivity index (χ4n) is 1.85. The highest BCUT2D eigenvalue weighted by Gasteiger charge is 2.14. The van der Waals surface area contributed by atoms with Gasteiger partial charge in [-0.1, -0.05) is 18.2 Å². The van der Waals surface area contributed by atoms with Crippen molar-refractivity contribution in [2.24, 2.45) is 0 Å². The van der Waals surface area contributed by atoms with Crippen molar-refractivity contribution in [1.82, 2.24) is 10.3 Å². The highest BCUT2D eigenvalue weighted by molar-refractivity contribution is 6.04. The lowest BCUT2D eigenvalue weighted by molar-refractivity contribution is -0.111. The summed E-state index contributed by atoms with van der Waals surface area (Å²) >= 11 is 0. The fraction of sp³-hybridized carbons (Fsp3) is 0.188. The molecule has 0 atom stereocenters. The number of carbonyl (C=O) groups excluding carboxylic acids is 1. The number of rotatable bonds is 4. The zero-order chi connectivity index (χ0) is 14.5. The van der Waals surface area contributed by atoms with Crippen molar-refractivity contribution in [2.45, 2.75) is 6.92 Å². The molecule has 1 aromatic rings. The van der Waals surface area contributed by atoms with Crippen LogP contribution in [0.5, 0.6) is 0 Å². The molecule has 1 N–H and O–H groups in total. The van der Waals surface area contributed by atoms with Gasteiger partial charge in [-0.2, -0.15) is 0 Å². The predicted octanol–water partition coefficient (Wildman–Crippen LogP) is 2.36. The summed E-state index contributed by atoms with van der Waals surface area (Å²) < 4.78 is 0. The SMILES string of the molecule is Cc1ccccc1N1C=CC=C(C(=O)C=CN(C)C)N1. The van der Waals surface area contributed by atoms with Gasteiger partial charge in [0.05, 0.1) is 5.69 Å². The molecule has 0 aromatic heterocycles. The van der Waals surface area contributed by atoms with Crippen LogP contribution in [0.4, 0.5) is 5.69 Å². The van der Waals surface area contributed by atoms with Crippen molar-refractivity contribution < 1.29 is 4.79 Å². The summed E-state index contributed by atoms with van der Waals surface area (Å²) in [5.74, 6) is -0.0540. The van der Waals surface area contributed by atoms with Gasteiger partial charge in [0.25, 0.3) is 0 Å². The van der Waals surface area contributed by atoms with E-state index < -0.39 is 0 Å². The molecule has 0 aliphatic carbocycles. The van der Waals surface area contributed by atoms with Crippen molar-refractivity contribution >= 4 is 11.5 Å². The molecule has 0 radical (unpaired) electrons. The predicted molar refractivity (Wildman–Crippen MR) is 81.9 cm³/mol. The lowest BCUT2D eigenvalue weighted by Crippen LogP contribution is -2.37. The zero-order valence-corrected chi connectivity index (χ0v) is 12.0. The Labute approximate surface area is 119 Å². The quantitative estimate of drug-likeness (QED) is 0.851. The van der Waals surface area contributed by atoms with Gasteiger partial charge in [-0.25, -0.2) is 0 Å². The highest BCUT2D eigenvalue weighted by atomic mass is 16.1. The van der Waals surface area contributed by atoms with E-state index in [0.29, 0.717) is 5.70 Å². The first kappa shape index (κ1) is 13.9. The van der Waals surface area contributed by atoms with Crippen molar-refractivity contribution in [1.29, 1.82) is 0 Å². The summed E-state index contributed by atoms with van der Waals surface area (Å²) in [6, 6.07) is 8.02. The number of nitrogens with one attached hydrogen (secondary N) is 1. The third-order valence-corrected chi connectivity index (χ3v) is 2.90. The molecule has 4 heteroatoms. The molecule has 0 saturated heterocycles. The first-order valence-electron chi connectivity index (χ1n) is 6.47. The number of nitrogens with zero attached hydrogens (tertiary/aromatic N) is 2. The molecule has 20 heavy (non-hydrogen) atoms. The Morgan fingerprint density at radius 3 is 2.75 bits per heavy atom. The second-order valence-corrected chi connectivity index (χ2v) is 4.83. The number of benzene rings is 1. The van der Waals surface area contributed by atoms with Crippen molar-refractivity contribution in [3.8, 4) is 0 Å². The van der Waals surface area contributed by atoms with Gasteiger partial charge >= 0.3 is 0 Å². The number of aryl methyl sites for hydroxylation is 1. The molecule has 0 bridgehead atoms. The normalized spacial score (nSPS) is 14.2. The van der Waals surface area contributed by atoms with Crippen molar-refractivity contribution in [2.75, 3.05) is 19.1 Å². The highest BCUT2D eigenvalue weighted by Crippen LogP contribution is 2.20. The summed E-state index contributed by atoms with van der Waals surface area (Å²) in [7, 11) is 3.76. The minimum absolute atomic E-state index is 0.0540. The largest absolute Gasteiger partial charge is 0.383 e. The van der Waals surface area contributed by atoms with Gasteiger partial charge in [-0.3, -0.25) is 15.2 Å². The summed E-state index contributed by atoms with van der Waals surface area (Å²) in [4.78, 5) is 13.9. The first-order chi connectivity index (χ1) is 9.58. The molecule has 1 aromatic carbocycles. The Balaban J connectivity index is 2.14. The number of ketones is 1. The zero-order valence-electron chi connectivity index (χ0n) is 12.0.